The van der Waals surface area contributed by atoms with E-state index in [4.69, 9.17) is 0 Å². The lowest BCUT2D eigenvalue weighted by atomic mass is 10.1. The predicted octanol–water partition coefficient (Wildman–Crippen LogP) is 2.31. The van der Waals surface area contributed by atoms with E-state index < -0.39 is 0 Å². The van der Waals surface area contributed by atoms with Crippen LogP contribution in [0.5, 0.6) is 0 Å². The van der Waals surface area contributed by atoms with Crippen LogP contribution in [0.25, 0.3) is 0 Å². The second-order valence-electron chi connectivity index (χ2n) is 5.29. The molecule has 0 saturated carbocycles. The Labute approximate surface area is 115 Å². The second kappa shape index (κ2) is 6.66. The van der Waals surface area contributed by atoms with Crippen LogP contribution in [0, 0.1) is 0 Å². The van der Waals surface area contributed by atoms with Crippen molar-refractivity contribution in [3.05, 3.63) is 24.4 Å². The van der Waals surface area contributed by atoms with E-state index in [1.54, 1.807) is 18.0 Å². The van der Waals surface area contributed by atoms with Gasteiger partial charge in [-0.1, -0.05) is 12.5 Å². The molecule has 1 fully saturated rings. The molecule has 2 rings (SSSR count). The SMILES string of the molecule is CC(=O)N(c1ccccn1)[C@H](C)CN1CCCCC1. The van der Waals surface area contributed by atoms with Crippen molar-refractivity contribution < 1.29 is 4.79 Å². The van der Waals surface area contributed by atoms with Gasteiger partial charge in [-0.2, -0.15) is 0 Å². The summed E-state index contributed by atoms with van der Waals surface area (Å²) in [5.74, 6) is 0.808. The zero-order chi connectivity index (χ0) is 13.7. The fourth-order valence-corrected chi connectivity index (χ4v) is 2.79. The minimum atomic E-state index is 0.0585. The van der Waals surface area contributed by atoms with E-state index in [1.807, 2.05) is 18.2 Å². The third-order valence-electron chi connectivity index (χ3n) is 3.65. The number of hydrogen-bond acceptors (Lipinski definition) is 3. The van der Waals surface area contributed by atoms with Crippen LogP contribution >= 0.6 is 0 Å². The van der Waals surface area contributed by atoms with Crippen molar-refractivity contribution in [2.45, 2.75) is 39.2 Å². The zero-order valence-corrected chi connectivity index (χ0v) is 11.9. The summed E-state index contributed by atoms with van der Waals surface area (Å²) >= 11 is 0. The number of amides is 1. The van der Waals surface area contributed by atoms with Gasteiger partial charge < -0.3 is 4.90 Å². The largest absolute Gasteiger partial charge is 0.301 e. The first-order chi connectivity index (χ1) is 9.18. The lowest BCUT2D eigenvalue weighted by molar-refractivity contribution is -0.117. The topological polar surface area (TPSA) is 36.4 Å². The molecule has 1 amide bonds. The molecular formula is C15H23N3O. The summed E-state index contributed by atoms with van der Waals surface area (Å²) in [6.45, 7) is 6.94. The summed E-state index contributed by atoms with van der Waals surface area (Å²) in [4.78, 5) is 20.4. The summed E-state index contributed by atoms with van der Waals surface area (Å²) in [7, 11) is 0. The average Bonchev–Trinajstić information content (AvgIpc) is 2.40. The Morgan fingerprint density at radius 1 is 1.37 bits per heavy atom. The number of likely N-dealkylation sites (tertiary alicyclic amines) is 1. The van der Waals surface area contributed by atoms with Gasteiger partial charge in [0.2, 0.25) is 5.91 Å². The highest BCUT2D eigenvalue weighted by atomic mass is 16.2. The number of nitrogens with zero attached hydrogens (tertiary/aromatic N) is 3. The van der Waals surface area contributed by atoms with Gasteiger partial charge >= 0.3 is 0 Å². The van der Waals surface area contributed by atoms with Crippen LogP contribution in [0.3, 0.4) is 0 Å². The van der Waals surface area contributed by atoms with Crippen molar-refractivity contribution in [3.63, 3.8) is 0 Å². The molecule has 1 atom stereocenters. The lowest BCUT2D eigenvalue weighted by Gasteiger charge is -2.34. The molecule has 1 aliphatic rings. The molecule has 2 heterocycles. The fourth-order valence-electron chi connectivity index (χ4n) is 2.79. The van der Waals surface area contributed by atoms with Crippen molar-refractivity contribution >= 4 is 11.7 Å². The molecule has 0 N–H and O–H groups in total. The number of hydrogen-bond donors (Lipinski definition) is 0. The normalized spacial score (nSPS) is 18.0. The van der Waals surface area contributed by atoms with Crippen molar-refractivity contribution in [1.29, 1.82) is 0 Å². The summed E-state index contributed by atoms with van der Waals surface area (Å²) in [5.41, 5.74) is 0. The Morgan fingerprint density at radius 3 is 2.68 bits per heavy atom. The Balaban J connectivity index is 2.04. The van der Waals surface area contributed by atoms with Crippen LogP contribution < -0.4 is 4.90 Å². The molecule has 4 nitrogen and oxygen atoms in total. The van der Waals surface area contributed by atoms with E-state index >= 15 is 0 Å². The minimum Gasteiger partial charge on any atom is -0.301 e. The van der Waals surface area contributed by atoms with Gasteiger partial charge in [-0.05, 0) is 45.0 Å². The molecule has 1 aromatic rings. The molecule has 0 radical (unpaired) electrons. The smallest absolute Gasteiger partial charge is 0.225 e. The highest BCUT2D eigenvalue weighted by Crippen LogP contribution is 2.16. The number of rotatable bonds is 4. The maximum Gasteiger partial charge on any atom is 0.225 e. The first kappa shape index (κ1) is 14.0. The molecule has 1 saturated heterocycles. The van der Waals surface area contributed by atoms with Gasteiger partial charge in [0.25, 0.3) is 0 Å². The first-order valence-electron chi connectivity index (χ1n) is 7.11. The number of aromatic nitrogens is 1. The third-order valence-corrected chi connectivity index (χ3v) is 3.65. The Morgan fingerprint density at radius 2 is 2.11 bits per heavy atom. The van der Waals surface area contributed by atoms with Crippen molar-refractivity contribution in [3.8, 4) is 0 Å². The molecule has 4 heteroatoms. The van der Waals surface area contributed by atoms with E-state index in [-0.39, 0.29) is 11.9 Å². The van der Waals surface area contributed by atoms with E-state index in [1.165, 1.54) is 19.3 Å². The Kier molecular flexibility index (Phi) is 4.91. The maximum absolute atomic E-state index is 11.9. The first-order valence-corrected chi connectivity index (χ1v) is 7.11. The molecule has 0 unspecified atom stereocenters. The monoisotopic (exact) mass is 261 g/mol. The summed E-state index contributed by atoms with van der Waals surface area (Å²) in [6, 6.07) is 5.85. The van der Waals surface area contributed by atoms with Gasteiger partial charge in [-0.25, -0.2) is 4.98 Å². The van der Waals surface area contributed by atoms with Crippen molar-refractivity contribution in [1.82, 2.24) is 9.88 Å². The van der Waals surface area contributed by atoms with Gasteiger partial charge in [0, 0.05) is 25.7 Å². The molecular weight excluding hydrogens is 238 g/mol. The Bertz CT molecular complexity index is 401. The van der Waals surface area contributed by atoms with Crippen LogP contribution in [0.2, 0.25) is 0 Å². The molecule has 0 spiro atoms. The Hall–Kier alpha value is -1.42. The molecule has 104 valence electrons. The van der Waals surface area contributed by atoms with E-state index in [2.05, 4.69) is 16.8 Å². The quantitative estimate of drug-likeness (QED) is 0.834. The highest BCUT2D eigenvalue weighted by Gasteiger charge is 2.22. The summed E-state index contributed by atoms with van der Waals surface area (Å²) in [6.07, 6.45) is 5.62. The number of carbonyl (C=O) groups is 1. The number of pyridine rings is 1. The van der Waals surface area contributed by atoms with Crippen LogP contribution in [0.1, 0.15) is 33.1 Å². The summed E-state index contributed by atoms with van der Waals surface area (Å²) < 4.78 is 0. The number of piperidine rings is 1. The van der Waals surface area contributed by atoms with Crippen LogP contribution in [0.15, 0.2) is 24.4 Å². The van der Waals surface area contributed by atoms with Gasteiger partial charge in [0.15, 0.2) is 0 Å². The highest BCUT2D eigenvalue weighted by molar-refractivity contribution is 5.90. The maximum atomic E-state index is 11.9. The number of carbonyl (C=O) groups excluding carboxylic acids is 1. The molecule has 1 aliphatic heterocycles. The van der Waals surface area contributed by atoms with Gasteiger partial charge in [0.05, 0.1) is 0 Å². The molecule has 19 heavy (non-hydrogen) atoms. The molecule has 0 aliphatic carbocycles. The number of anilines is 1. The molecule has 0 aromatic carbocycles. The van der Waals surface area contributed by atoms with Crippen molar-refractivity contribution in [2.24, 2.45) is 0 Å². The van der Waals surface area contributed by atoms with Crippen molar-refractivity contribution in [2.75, 3.05) is 24.5 Å². The summed E-state index contributed by atoms with van der Waals surface area (Å²) in [5, 5.41) is 0. The van der Waals surface area contributed by atoms with E-state index in [0.717, 1.165) is 25.5 Å². The van der Waals surface area contributed by atoms with Crippen LogP contribution in [0.4, 0.5) is 5.82 Å². The standard InChI is InChI=1S/C15H23N3O/c1-13(12-17-10-6-3-7-11-17)18(14(2)19)15-8-4-5-9-16-15/h4-5,8-9,13H,3,6-7,10-12H2,1-2H3/t13-/m1/s1. The van der Waals surface area contributed by atoms with E-state index in [9.17, 15) is 4.79 Å². The van der Waals surface area contributed by atoms with Gasteiger partial charge in [-0.15, -0.1) is 0 Å². The molecule has 1 aromatic heterocycles. The average molecular weight is 261 g/mol. The van der Waals surface area contributed by atoms with Gasteiger partial charge in [0.1, 0.15) is 5.82 Å². The lowest BCUT2D eigenvalue weighted by Crippen LogP contribution is -2.46. The zero-order valence-electron chi connectivity index (χ0n) is 11.9. The minimum absolute atomic E-state index is 0.0585. The fraction of sp³-hybridized carbons (Fsp3) is 0.600. The second-order valence-corrected chi connectivity index (χ2v) is 5.29. The third kappa shape index (κ3) is 3.77. The van der Waals surface area contributed by atoms with Gasteiger partial charge in [-0.3, -0.25) is 9.69 Å². The van der Waals surface area contributed by atoms with Crippen LogP contribution in [-0.4, -0.2) is 41.5 Å². The molecule has 0 bridgehead atoms. The predicted molar refractivity (Wildman–Crippen MR) is 77.2 cm³/mol. The van der Waals surface area contributed by atoms with E-state index in [0.29, 0.717) is 0 Å². The van der Waals surface area contributed by atoms with Crippen LogP contribution in [-0.2, 0) is 4.79 Å².